The van der Waals surface area contributed by atoms with Gasteiger partial charge < -0.3 is 9.67 Å². The van der Waals surface area contributed by atoms with Crippen LogP contribution >= 0.6 is 0 Å². The maximum atomic E-state index is 11.7. The number of hydrogen-bond donors (Lipinski definition) is 2. The third kappa shape index (κ3) is 6.81. The Morgan fingerprint density at radius 2 is 1.58 bits per heavy atom. The molecule has 0 aliphatic rings. The maximum Gasteiger partial charge on any atom is 0.328 e. The monoisotopic (exact) mass is 423 g/mol. The van der Waals surface area contributed by atoms with E-state index in [0.29, 0.717) is 17.6 Å². The fourth-order valence-corrected chi connectivity index (χ4v) is 3.92. The van der Waals surface area contributed by atoms with Crippen molar-refractivity contribution in [2.45, 2.75) is 77.7 Å². The molecule has 1 aromatic carbocycles. The summed E-state index contributed by atoms with van der Waals surface area (Å²) in [4.78, 5) is 30.1. The Labute approximate surface area is 183 Å². The third-order valence-corrected chi connectivity index (χ3v) is 5.78. The highest BCUT2D eigenvalue weighted by molar-refractivity contribution is 5.84. The van der Waals surface area contributed by atoms with E-state index in [-0.39, 0.29) is 17.0 Å². The Bertz CT molecular complexity index is 1100. The van der Waals surface area contributed by atoms with Crippen molar-refractivity contribution in [3.8, 4) is 5.75 Å². The van der Waals surface area contributed by atoms with Gasteiger partial charge in [0.1, 0.15) is 11.3 Å². The Kier molecular flexibility index (Phi) is 8.44. The number of phenols is 1. The third-order valence-electron chi connectivity index (χ3n) is 5.78. The van der Waals surface area contributed by atoms with E-state index in [4.69, 9.17) is 0 Å². The molecule has 31 heavy (non-hydrogen) atoms. The van der Waals surface area contributed by atoms with Crippen molar-refractivity contribution < 1.29 is 5.11 Å². The summed E-state index contributed by atoms with van der Waals surface area (Å²) < 4.78 is 1.60. The zero-order chi connectivity index (χ0) is 22.1. The lowest BCUT2D eigenvalue weighted by Gasteiger charge is -2.06. The van der Waals surface area contributed by atoms with Gasteiger partial charge in [0.05, 0.1) is 0 Å². The van der Waals surface area contributed by atoms with Crippen LogP contribution in [0, 0.1) is 6.92 Å². The number of fused-ring (bicyclic) bond motifs is 1. The Balaban J connectivity index is 1.22. The number of phenolic OH excluding ortho intramolecular Hbond substituents is 1. The molecule has 0 spiro atoms. The molecule has 2 aromatic heterocycles. The molecule has 0 amide bonds. The van der Waals surface area contributed by atoms with Gasteiger partial charge in [-0.1, -0.05) is 63.1 Å². The highest BCUT2D eigenvalue weighted by atomic mass is 16.3. The number of rotatable bonds is 12. The molecule has 0 atom stereocenters. The van der Waals surface area contributed by atoms with Gasteiger partial charge in [0, 0.05) is 29.4 Å². The lowest BCUT2D eigenvalue weighted by Crippen LogP contribution is -2.30. The van der Waals surface area contributed by atoms with E-state index in [0.717, 1.165) is 36.8 Å². The number of H-pyrrole nitrogens is 1. The highest BCUT2D eigenvalue weighted by Crippen LogP contribution is 2.23. The number of aryl methyl sites for hydroxylation is 3. The molecular weight excluding hydrogens is 390 g/mol. The minimum atomic E-state index is -0.314. The Morgan fingerprint density at radius 1 is 0.903 bits per heavy atom. The summed E-state index contributed by atoms with van der Waals surface area (Å²) in [6.45, 7) is 2.38. The van der Waals surface area contributed by atoms with Crippen molar-refractivity contribution in [2.24, 2.45) is 0 Å². The van der Waals surface area contributed by atoms with Gasteiger partial charge in [-0.15, -0.1) is 0 Å². The number of aromatic hydroxyl groups is 1. The van der Waals surface area contributed by atoms with Gasteiger partial charge in [-0.3, -0.25) is 9.78 Å². The SMILES string of the molecule is Cc1cn(CCCCCCCCCCCc2ccc3cccc(O)c3n2)c(=O)[nH]c1=O. The molecule has 3 aromatic rings. The Morgan fingerprint density at radius 3 is 2.32 bits per heavy atom. The van der Waals surface area contributed by atoms with Crippen LogP contribution < -0.4 is 11.2 Å². The molecule has 6 nitrogen and oxygen atoms in total. The summed E-state index contributed by atoms with van der Waals surface area (Å²) in [6.07, 6.45) is 13.1. The second-order valence-electron chi connectivity index (χ2n) is 8.35. The minimum Gasteiger partial charge on any atom is -0.506 e. The van der Waals surface area contributed by atoms with E-state index in [1.165, 1.54) is 38.5 Å². The van der Waals surface area contributed by atoms with E-state index < -0.39 is 0 Å². The fourth-order valence-electron chi connectivity index (χ4n) is 3.92. The van der Waals surface area contributed by atoms with E-state index in [1.807, 2.05) is 18.2 Å². The first kappa shape index (κ1) is 22.8. The van der Waals surface area contributed by atoms with Crippen molar-refractivity contribution in [1.82, 2.24) is 14.5 Å². The second kappa shape index (κ2) is 11.5. The zero-order valence-electron chi connectivity index (χ0n) is 18.4. The Hall–Kier alpha value is -2.89. The van der Waals surface area contributed by atoms with E-state index >= 15 is 0 Å². The van der Waals surface area contributed by atoms with Crippen LogP contribution in [0.4, 0.5) is 0 Å². The molecule has 0 saturated heterocycles. The summed E-state index contributed by atoms with van der Waals surface area (Å²) in [5, 5.41) is 10.9. The molecular formula is C25H33N3O3. The molecule has 0 unspecified atom stereocenters. The largest absolute Gasteiger partial charge is 0.506 e. The molecule has 2 N–H and O–H groups in total. The maximum absolute atomic E-state index is 11.7. The average Bonchev–Trinajstić information content (AvgIpc) is 2.76. The molecule has 0 fully saturated rings. The fraction of sp³-hybridized carbons (Fsp3) is 0.480. The normalized spacial score (nSPS) is 11.3. The van der Waals surface area contributed by atoms with Crippen LogP contribution in [0.25, 0.3) is 10.9 Å². The number of nitrogens with zero attached hydrogens (tertiary/aromatic N) is 2. The van der Waals surface area contributed by atoms with Crippen molar-refractivity contribution in [3.05, 3.63) is 68.6 Å². The number of nitrogens with one attached hydrogen (secondary N) is 1. The summed E-state index contributed by atoms with van der Waals surface area (Å²) >= 11 is 0. The van der Waals surface area contributed by atoms with Crippen LogP contribution in [-0.2, 0) is 13.0 Å². The lowest BCUT2D eigenvalue weighted by molar-refractivity contribution is 0.480. The lowest BCUT2D eigenvalue weighted by atomic mass is 10.1. The molecule has 2 heterocycles. The summed E-state index contributed by atoms with van der Waals surface area (Å²) in [6, 6.07) is 9.59. The number of hydrogen-bond acceptors (Lipinski definition) is 4. The van der Waals surface area contributed by atoms with Gasteiger partial charge in [-0.25, -0.2) is 9.78 Å². The number of para-hydroxylation sites is 1. The predicted molar refractivity (Wildman–Crippen MR) is 125 cm³/mol. The first-order valence-electron chi connectivity index (χ1n) is 11.4. The second-order valence-corrected chi connectivity index (χ2v) is 8.35. The summed E-state index contributed by atoms with van der Waals surface area (Å²) in [7, 11) is 0. The molecule has 0 aliphatic heterocycles. The standard InChI is InChI=1S/C25H33N3O3/c1-19-18-28(25(31)27-24(19)30)17-10-8-6-4-2-3-5-7-9-13-21-16-15-20-12-11-14-22(29)23(20)26-21/h11-12,14-16,18,29H,2-10,13,17H2,1H3,(H,27,30,31). The highest BCUT2D eigenvalue weighted by Gasteiger charge is 2.03. The van der Waals surface area contributed by atoms with Crippen LogP contribution in [-0.4, -0.2) is 19.6 Å². The summed E-state index contributed by atoms with van der Waals surface area (Å²) in [5.74, 6) is 0.250. The van der Waals surface area contributed by atoms with Gasteiger partial charge in [0.2, 0.25) is 0 Å². The van der Waals surface area contributed by atoms with Gasteiger partial charge in [0.25, 0.3) is 5.56 Å². The zero-order valence-corrected chi connectivity index (χ0v) is 18.4. The van der Waals surface area contributed by atoms with Crippen LogP contribution in [0.15, 0.2) is 46.1 Å². The smallest absolute Gasteiger partial charge is 0.328 e. The molecule has 3 rings (SSSR count). The quantitative estimate of drug-likeness (QED) is 0.408. The van der Waals surface area contributed by atoms with Crippen LogP contribution in [0.3, 0.4) is 0 Å². The number of aromatic nitrogens is 3. The van der Waals surface area contributed by atoms with Crippen LogP contribution in [0.2, 0.25) is 0 Å². The van der Waals surface area contributed by atoms with Crippen molar-refractivity contribution in [3.63, 3.8) is 0 Å². The first-order valence-corrected chi connectivity index (χ1v) is 11.4. The van der Waals surface area contributed by atoms with Gasteiger partial charge >= 0.3 is 5.69 Å². The number of aromatic amines is 1. The van der Waals surface area contributed by atoms with Gasteiger partial charge in [0.15, 0.2) is 0 Å². The van der Waals surface area contributed by atoms with E-state index in [9.17, 15) is 14.7 Å². The van der Waals surface area contributed by atoms with Crippen LogP contribution in [0.5, 0.6) is 5.75 Å². The first-order chi connectivity index (χ1) is 15.0. The van der Waals surface area contributed by atoms with Gasteiger partial charge in [-0.2, -0.15) is 0 Å². The van der Waals surface area contributed by atoms with Gasteiger partial charge in [-0.05, 0) is 38.3 Å². The average molecular weight is 424 g/mol. The predicted octanol–water partition coefficient (Wildman–Crippen LogP) is 4.85. The van der Waals surface area contributed by atoms with Crippen molar-refractivity contribution in [2.75, 3.05) is 0 Å². The topological polar surface area (TPSA) is 88.0 Å². The molecule has 166 valence electrons. The van der Waals surface area contributed by atoms with E-state index in [2.05, 4.69) is 16.0 Å². The number of unbranched alkanes of at least 4 members (excludes halogenated alkanes) is 8. The molecule has 0 bridgehead atoms. The molecule has 0 radical (unpaired) electrons. The minimum absolute atomic E-state index is 0.250. The van der Waals surface area contributed by atoms with Crippen LogP contribution in [0.1, 0.15) is 69.0 Å². The number of benzene rings is 1. The van der Waals surface area contributed by atoms with Crippen molar-refractivity contribution in [1.29, 1.82) is 0 Å². The molecule has 0 aliphatic carbocycles. The van der Waals surface area contributed by atoms with E-state index in [1.54, 1.807) is 23.8 Å². The van der Waals surface area contributed by atoms with Crippen molar-refractivity contribution >= 4 is 10.9 Å². The molecule has 6 heteroatoms. The summed E-state index contributed by atoms with van der Waals surface area (Å²) in [5.41, 5.74) is 1.71. The number of pyridine rings is 1. The molecule has 0 saturated carbocycles.